The van der Waals surface area contributed by atoms with Gasteiger partial charge in [-0.05, 0) is 24.3 Å². The number of carbonyl (C=O) groups excluding carboxylic acids is 1. The Bertz CT molecular complexity index is 1160. The van der Waals surface area contributed by atoms with Crippen molar-refractivity contribution in [3.05, 3.63) is 66.3 Å². The number of aromatic nitrogens is 2. The van der Waals surface area contributed by atoms with Crippen molar-refractivity contribution in [2.24, 2.45) is 0 Å². The largest absolute Gasteiger partial charge is 0.337 e. The van der Waals surface area contributed by atoms with Gasteiger partial charge >= 0.3 is 0 Å². The lowest BCUT2D eigenvalue weighted by Gasteiger charge is -2.34. The van der Waals surface area contributed by atoms with E-state index in [4.69, 9.17) is 0 Å². The van der Waals surface area contributed by atoms with E-state index in [2.05, 4.69) is 16.5 Å². The highest BCUT2D eigenvalue weighted by atomic mass is 19.1. The number of benzene rings is 2. The van der Waals surface area contributed by atoms with E-state index < -0.39 is 23.3 Å². The van der Waals surface area contributed by atoms with E-state index in [1.54, 1.807) is 9.80 Å². The molecule has 0 atom stereocenters. The topological polar surface area (TPSA) is 49.3 Å². The highest BCUT2D eigenvalue weighted by molar-refractivity contribution is 5.93. The van der Waals surface area contributed by atoms with E-state index in [-0.39, 0.29) is 34.0 Å². The summed E-state index contributed by atoms with van der Waals surface area (Å²) in [5, 5.41) is -0.0257. The SMILES string of the molecule is C=CC(=O)N1CCN(c2nc(-c3ccc(F)cc3F)c3cc(F)cc(F)c3n2)CC1. The van der Waals surface area contributed by atoms with Gasteiger partial charge in [-0.3, -0.25) is 4.79 Å². The Balaban J connectivity index is 1.83. The fourth-order valence-corrected chi connectivity index (χ4v) is 3.43. The summed E-state index contributed by atoms with van der Waals surface area (Å²) in [6, 6.07) is 4.59. The Labute approximate surface area is 169 Å². The summed E-state index contributed by atoms with van der Waals surface area (Å²) in [6.45, 7) is 4.93. The van der Waals surface area contributed by atoms with Crippen LogP contribution in [0.2, 0.25) is 0 Å². The third-order valence-corrected chi connectivity index (χ3v) is 4.94. The van der Waals surface area contributed by atoms with Gasteiger partial charge in [0, 0.05) is 49.3 Å². The first-order valence-electron chi connectivity index (χ1n) is 9.16. The predicted molar refractivity (Wildman–Crippen MR) is 104 cm³/mol. The summed E-state index contributed by atoms with van der Waals surface area (Å²) in [6.07, 6.45) is 1.22. The Kier molecular flexibility index (Phi) is 5.11. The summed E-state index contributed by atoms with van der Waals surface area (Å²) < 4.78 is 56.2. The molecule has 0 radical (unpaired) electrons. The van der Waals surface area contributed by atoms with Crippen molar-refractivity contribution in [2.75, 3.05) is 31.1 Å². The Morgan fingerprint density at radius 3 is 2.30 bits per heavy atom. The van der Waals surface area contributed by atoms with Crippen molar-refractivity contribution in [1.82, 2.24) is 14.9 Å². The molecular weight excluding hydrogens is 400 g/mol. The molecule has 0 bridgehead atoms. The zero-order valence-electron chi connectivity index (χ0n) is 15.7. The second-order valence-electron chi connectivity index (χ2n) is 6.80. The third kappa shape index (κ3) is 3.58. The van der Waals surface area contributed by atoms with Crippen LogP contribution in [0.3, 0.4) is 0 Å². The van der Waals surface area contributed by atoms with Crippen molar-refractivity contribution in [2.45, 2.75) is 0 Å². The lowest BCUT2D eigenvalue weighted by atomic mass is 10.1. The number of anilines is 1. The Morgan fingerprint density at radius 1 is 0.933 bits per heavy atom. The Hall–Kier alpha value is -3.49. The van der Waals surface area contributed by atoms with Crippen LogP contribution >= 0.6 is 0 Å². The third-order valence-electron chi connectivity index (χ3n) is 4.94. The molecule has 2 aromatic carbocycles. The number of fused-ring (bicyclic) bond motifs is 1. The molecule has 5 nitrogen and oxygen atoms in total. The molecular formula is C21H16F4N4O. The molecule has 0 N–H and O–H groups in total. The summed E-state index contributed by atoms with van der Waals surface area (Å²) in [5.74, 6) is -3.57. The van der Waals surface area contributed by atoms with Crippen LogP contribution in [0.25, 0.3) is 22.2 Å². The number of nitrogens with zero attached hydrogens (tertiary/aromatic N) is 4. The van der Waals surface area contributed by atoms with Gasteiger partial charge in [-0.2, -0.15) is 0 Å². The first-order valence-corrected chi connectivity index (χ1v) is 9.16. The van der Waals surface area contributed by atoms with Crippen LogP contribution in [-0.2, 0) is 4.79 Å². The number of halogens is 4. The summed E-state index contributed by atoms with van der Waals surface area (Å²) in [4.78, 5) is 23.7. The molecule has 154 valence electrons. The summed E-state index contributed by atoms with van der Waals surface area (Å²) >= 11 is 0. The number of hydrogen-bond donors (Lipinski definition) is 0. The lowest BCUT2D eigenvalue weighted by molar-refractivity contribution is -0.126. The average Bonchev–Trinajstić information content (AvgIpc) is 2.73. The second-order valence-corrected chi connectivity index (χ2v) is 6.80. The Morgan fingerprint density at radius 2 is 1.63 bits per heavy atom. The molecule has 1 saturated heterocycles. The van der Waals surface area contributed by atoms with Crippen LogP contribution in [-0.4, -0.2) is 47.0 Å². The number of hydrogen-bond acceptors (Lipinski definition) is 4. The zero-order chi connectivity index (χ0) is 21.4. The molecule has 4 rings (SSSR count). The highest BCUT2D eigenvalue weighted by Crippen LogP contribution is 2.32. The molecule has 0 aliphatic carbocycles. The fraction of sp³-hybridized carbons (Fsp3) is 0.190. The van der Waals surface area contributed by atoms with E-state index in [1.165, 1.54) is 12.1 Å². The maximum Gasteiger partial charge on any atom is 0.246 e. The fourth-order valence-electron chi connectivity index (χ4n) is 3.43. The van der Waals surface area contributed by atoms with Gasteiger partial charge in [-0.1, -0.05) is 6.58 Å². The molecule has 1 fully saturated rings. The van der Waals surface area contributed by atoms with Gasteiger partial charge in [-0.15, -0.1) is 0 Å². The van der Waals surface area contributed by atoms with Crippen molar-refractivity contribution in [1.29, 1.82) is 0 Å². The molecule has 1 aromatic heterocycles. The average molecular weight is 416 g/mol. The second kappa shape index (κ2) is 7.74. The molecule has 9 heteroatoms. The zero-order valence-corrected chi connectivity index (χ0v) is 15.7. The van der Waals surface area contributed by atoms with Gasteiger partial charge in [0.05, 0.1) is 5.69 Å². The lowest BCUT2D eigenvalue weighted by Crippen LogP contribution is -2.48. The molecule has 1 aliphatic heterocycles. The highest BCUT2D eigenvalue weighted by Gasteiger charge is 2.24. The van der Waals surface area contributed by atoms with Gasteiger partial charge in [0.25, 0.3) is 0 Å². The number of rotatable bonds is 3. The smallest absolute Gasteiger partial charge is 0.246 e. The van der Waals surface area contributed by atoms with E-state index in [9.17, 15) is 22.4 Å². The molecule has 1 aliphatic rings. The van der Waals surface area contributed by atoms with Crippen molar-refractivity contribution in [3.63, 3.8) is 0 Å². The van der Waals surface area contributed by atoms with Gasteiger partial charge in [0.15, 0.2) is 5.82 Å². The van der Waals surface area contributed by atoms with Crippen molar-refractivity contribution < 1.29 is 22.4 Å². The predicted octanol–water partition coefficient (Wildman–Crippen LogP) is 3.69. The number of carbonyl (C=O) groups is 1. The minimum atomic E-state index is -0.919. The van der Waals surface area contributed by atoms with Crippen LogP contribution in [0.1, 0.15) is 0 Å². The minimum absolute atomic E-state index is 0.0257. The molecule has 0 saturated carbocycles. The van der Waals surface area contributed by atoms with Crippen LogP contribution < -0.4 is 4.90 Å². The van der Waals surface area contributed by atoms with Crippen LogP contribution in [0.5, 0.6) is 0 Å². The molecule has 30 heavy (non-hydrogen) atoms. The summed E-state index contributed by atoms with van der Waals surface area (Å²) in [5.41, 5.74) is -0.323. The molecule has 0 unspecified atom stereocenters. The van der Waals surface area contributed by atoms with E-state index in [0.717, 1.165) is 12.1 Å². The van der Waals surface area contributed by atoms with Crippen LogP contribution in [0.15, 0.2) is 43.0 Å². The maximum absolute atomic E-state index is 14.5. The maximum atomic E-state index is 14.5. The first-order chi connectivity index (χ1) is 14.4. The quantitative estimate of drug-likeness (QED) is 0.483. The van der Waals surface area contributed by atoms with Crippen molar-refractivity contribution in [3.8, 4) is 11.3 Å². The number of amides is 1. The molecule has 3 aromatic rings. The van der Waals surface area contributed by atoms with Gasteiger partial charge < -0.3 is 9.80 Å². The normalized spacial score (nSPS) is 14.3. The first kappa shape index (κ1) is 19.8. The van der Waals surface area contributed by atoms with Gasteiger partial charge in [0.1, 0.15) is 23.0 Å². The number of piperazine rings is 1. The standard InChI is InChI=1S/C21H16F4N4O/c1-2-18(30)28-5-7-29(8-6-28)21-26-19(14-4-3-12(22)10-16(14)24)15-9-13(23)11-17(25)20(15)27-21/h2-4,9-11H,1,5-8H2. The van der Waals surface area contributed by atoms with Crippen LogP contribution in [0, 0.1) is 23.3 Å². The minimum Gasteiger partial charge on any atom is -0.337 e. The van der Waals surface area contributed by atoms with E-state index in [0.29, 0.717) is 38.3 Å². The van der Waals surface area contributed by atoms with E-state index >= 15 is 0 Å². The molecule has 2 heterocycles. The monoisotopic (exact) mass is 416 g/mol. The van der Waals surface area contributed by atoms with Crippen molar-refractivity contribution >= 4 is 22.8 Å². The van der Waals surface area contributed by atoms with Gasteiger partial charge in [-0.25, -0.2) is 27.5 Å². The van der Waals surface area contributed by atoms with E-state index in [1.807, 2.05) is 0 Å². The summed E-state index contributed by atoms with van der Waals surface area (Å²) in [7, 11) is 0. The van der Waals surface area contributed by atoms with Crippen LogP contribution in [0.4, 0.5) is 23.5 Å². The van der Waals surface area contributed by atoms with Gasteiger partial charge in [0.2, 0.25) is 11.9 Å². The molecule has 1 amide bonds. The molecule has 0 spiro atoms.